The molecular formula is C20H16F3NO3. The Morgan fingerprint density at radius 1 is 1.11 bits per heavy atom. The van der Waals surface area contributed by atoms with Crippen molar-refractivity contribution in [3.05, 3.63) is 71.4 Å². The minimum Gasteiger partial charge on any atom is -0.454 e. The number of para-hydroxylation sites is 1. The lowest BCUT2D eigenvalue weighted by Gasteiger charge is -2.13. The third-order valence-corrected chi connectivity index (χ3v) is 4.13. The van der Waals surface area contributed by atoms with E-state index in [1.54, 1.807) is 18.3 Å². The molecule has 27 heavy (non-hydrogen) atoms. The van der Waals surface area contributed by atoms with Crippen molar-refractivity contribution in [3.63, 3.8) is 0 Å². The van der Waals surface area contributed by atoms with Crippen molar-refractivity contribution in [2.24, 2.45) is 0 Å². The Morgan fingerprint density at radius 3 is 2.59 bits per heavy atom. The first kappa shape index (κ1) is 18.7. The zero-order valence-corrected chi connectivity index (χ0v) is 14.3. The molecule has 0 aliphatic carbocycles. The average Bonchev–Trinajstić information content (AvgIpc) is 3.04. The smallest absolute Gasteiger partial charge is 0.416 e. The van der Waals surface area contributed by atoms with Gasteiger partial charge in [0.25, 0.3) is 0 Å². The van der Waals surface area contributed by atoms with Gasteiger partial charge in [-0.1, -0.05) is 36.4 Å². The van der Waals surface area contributed by atoms with E-state index >= 15 is 0 Å². The fourth-order valence-electron chi connectivity index (χ4n) is 2.81. The van der Waals surface area contributed by atoms with Crippen molar-refractivity contribution >= 4 is 22.7 Å². The molecule has 0 aliphatic heterocycles. The largest absolute Gasteiger partial charge is 0.454 e. The van der Waals surface area contributed by atoms with Gasteiger partial charge in [-0.3, -0.25) is 9.59 Å². The quantitative estimate of drug-likeness (QED) is 0.526. The second-order valence-corrected chi connectivity index (χ2v) is 6.12. The van der Waals surface area contributed by atoms with Crippen LogP contribution in [-0.4, -0.2) is 22.8 Å². The van der Waals surface area contributed by atoms with Crippen molar-refractivity contribution in [3.8, 4) is 0 Å². The Hall–Kier alpha value is -3.09. The van der Waals surface area contributed by atoms with Crippen LogP contribution in [0.15, 0.2) is 54.7 Å². The van der Waals surface area contributed by atoms with Crippen LogP contribution in [0.2, 0.25) is 0 Å². The number of ketones is 1. The molecule has 0 saturated heterocycles. The molecule has 1 atom stereocenters. The number of aromatic nitrogens is 1. The van der Waals surface area contributed by atoms with Gasteiger partial charge in [-0.25, -0.2) is 0 Å². The van der Waals surface area contributed by atoms with Crippen LogP contribution in [0.4, 0.5) is 13.2 Å². The number of carbonyl (C=O) groups excluding carboxylic acids is 2. The van der Waals surface area contributed by atoms with E-state index in [2.05, 4.69) is 4.98 Å². The third-order valence-electron chi connectivity index (χ3n) is 4.13. The van der Waals surface area contributed by atoms with Gasteiger partial charge >= 0.3 is 12.1 Å². The van der Waals surface area contributed by atoms with E-state index < -0.39 is 23.8 Å². The van der Waals surface area contributed by atoms with Crippen molar-refractivity contribution in [2.75, 3.05) is 0 Å². The Balaban J connectivity index is 1.68. The molecule has 4 nitrogen and oxygen atoms in total. The summed E-state index contributed by atoms with van der Waals surface area (Å²) >= 11 is 0. The Labute approximate surface area is 153 Å². The monoisotopic (exact) mass is 375 g/mol. The van der Waals surface area contributed by atoms with Gasteiger partial charge in [0.2, 0.25) is 5.78 Å². The first-order chi connectivity index (χ1) is 12.8. The van der Waals surface area contributed by atoms with Gasteiger partial charge in [0.05, 0.1) is 12.0 Å². The molecule has 1 aromatic heterocycles. The van der Waals surface area contributed by atoms with Crippen LogP contribution < -0.4 is 0 Å². The summed E-state index contributed by atoms with van der Waals surface area (Å²) in [7, 11) is 0. The molecule has 1 heterocycles. The Kier molecular flexibility index (Phi) is 5.03. The number of nitrogens with one attached hydrogen (secondary N) is 1. The van der Waals surface area contributed by atoms with Gasteiger partial charge in [-0.05, 0) is 24.6 Å². The van der Waals surface area contributed by atoms with Crippen LogP contribution in [-0.2, 0) is 22.1 Å². The summed E-state index contributed by atoms with van der Waals surface area (Å²) in [4.78, 5) is 27.6. The Bertz CT molecular complexity index is 991. The molecule has 0 amide bonds. The highest BCUT2D eigenvalue weighted by atomic mass is 19.4. The molecule has 0 saturated carbocycles. The predicted molar refractivity (Wildman–Crippen MR) is 93.3 cm³/mol. The number of fused-ring (bicyclic) bond motifs is 1. The van der Waals surface area contributed by atoms with Crippen molar-refractivity contribution < 1.29 is 27.5 Å². The lowest BCUT2D eigenvalue weighted by Crippen LogP contribution is -2.25. The fourth-order valence-corrected chi connectivity index (χ4v) is 2.81. The number of carbonyl (C=O) groups is 2. The van der Waals surface area contributed by atoms with Gasteiger partial charge in [0.15, 0.2) is 6.10 Å². The number of H-pyrrole nitrogens is 1. The maximum atomic E-state index is 12.7. The van der Waals surface area contributed by atoms with Gasteiger partial charge in [-0.2, -0.15) is 13.2 Å². The number of aromatic amines is 1. The highest BCUT2D eigenvalue weighted by Crippen LogP contribution is 2.29. The van der Waals surface area contributed by atoms with Gasteiger partial charge in [0, 0.05) is 22.7 Å². The molecule has 0 unspecified atom stereocenters. The topological polar surface area (TPSA) is 59.2 Å². The molecule has 140 valence electrons. The molecule has 0 aliphatic rings. The van der Waals surface area contributed by atoms with Crippen LogP contribution in [0.25, 0.3) is 10.9 Å². The molecule has 2 aromatic carbocycles. The number of ether oxygens (including phenoxy) is 1. The maximum absolute atomic E-state index is 12.7. The number of alkyl halides is 3. The molecular weight excluding hydrogens is 359 g/mol. The molecule has 3 aromatic rings. The number of hydrogen-bond acceptors (Lipinski definition) is 3. The van der Waals surface area contributed by atoms with Gasteiger partial charge in [0.1, 0.15) is 0 Å². The fraction of sp³-hybridized carbons (Fsp3) is 0.200. The molecule has 3 rings (SSSR count). The minimum atomic E-state index is -4.49. The average molecular weight is 375 g/mol. The molecule has 0 radical (unpaired) electrons. The maximum Gasteiger partial charge on any atom is 0.416 e. The standard InChI is InChI=1S/C20H16F3NO3/c1-12(19(26)16-11-24-17-8-3-2-7-15(16)17)27-18(25)10-13-5-4-6-14(9-13)20(21,22)23/h2-9,11-12,24H,10H2,1H3/t12-/m0/s1. The summed E-state index contributed by atoms with van der Waals surface area (Å²) in [6, 6.07) is 11.7. The van der Waals surface area contributed by atoms with E-state index in [4.69, 9.17) is 4.74 Å². The van der Waals surface area contributed by atoms with Crippen LogP contribution in [0, 0.1) is 0 Å². The Morgan fingerprint density at radius 2 is 1.85 bits per heavy atom. The van der Waals surface area contributed by atoms with Crippen molar-refractivity contribution in [1.29, 1.82) is 0 Å². The molecule has 0 fully saturated rings. The van der Waals surface area contributed by atoms with Crippen LogP contribution in [0.1, 0.15) is 28.4 Å². The molecule has 0 bridgehead atoms. The zero-order chi connectivity index (χ0) is 19.6. The normalized spacial score (nSPS) is 12.7. The van der Waals surface area contributed by atoms with E-state index in [1.807, 2.05) is 12.1 Å². The third kappa shape index (κ3) is 4.19. The highest BCUT2D eigenvalue weighted by Gasteiger charge is 2.30. The number of esters is 1. The van der Waals surface area contributed by atoms with E-state index in [9.17, 15) is 22.8 Å². The van der Waals surface area contributed by atoms with E-state index in [0.29, 0.717) is 10.9 Å². The lowest BCUT2D eigenvalue weighted by atomic mass is 10.1. The van der Waals surface area contributed by atoms with Gasteiger partial charge in [-0.15, -0.1) is 0 Å². The number of hydrogen-bond donors (Lipinski definition) is 1. The van der Waals surface area contributed by atoms with Gasteiger partial charge < -0.3 is 9.72 Å². The van der Waals surface area contributed by atoms with Crippen LogP contribution >= 0.6 is 0 Å². The number of rotatable bonds is 5. The minimum absolute atomic E-state index is 0.168. The first-order valence-corrected chi connectivity index (χ1v) is 8.21. The highest BCUT2D eigenvalue weighted by molar-refractivity contribution is 6.10. The molecule has 1 N–H and O–H groups in total. The summed E-state index contributed by atoms with van der Waals surface area (Å²) in [5.74, 6) is -1.15. The lowest BCUT2D eigenvalue weighted by molar-refractivity contribution is -0.145. The van der Waals surface area contributed by atoms with Crippen LogP contribution in [0.5, 0.6) is 0 Å². The number of benzene rings is 2. The summed E-state index contributed by atoms with van der Waals surface area (Å²) in [5.41, 5.74) is 0.505. The second kappa shape index (κ2) is 7.26. The van der Waals surface area contributed by atoms with E-state index in [1.165, 1.54) is 19.1 Å². The second-order valence-electron chi connectivity index (χ2n) is 6.12. The van der Waals surface area contributed by atoms with Crippen molar-refractivity contribution in [2.45, 2.75) is 25.6 Å². The first-order valence-electron chi connectivity index (χ1n) is 8.21. The van der Waals surface area contributed by atoms with E-state index in [-0.39, 0.29) is 17.8 Å². The molecule has 7 heteroatoms. The van der Waals surface area contributed by atoms with E-state index in [0.717, 1.165) is 17.6 Å². The summed E-state index contributed by atoms with van der Waals surface area (Å²) in [5, 5.41) is 0.711. The summed E-state index contributed by atoms with van der Waals surface area (Å²) < 4.78 is 43.4. The zero-order valence-electron chi connectivity index (χ0n) is 14.3. The number of halogens is 3. The van der Waals surface area contributed by atoms with Crippen molar-refractivity contribution in [1.82, 2.24) is 4.98 Å². The molecule has 0 spiro atoms. The predicted octanol–water partition coefficient (Wildman–Crippen LogP) is 4.54. The number of Topliss-reactive ketones (excluding diaryl/α,β-unsaturated/α-hetero) is 1. The summed E-state index contributed by atoms with van der Waals surface area (Å²) in [6.45, 7) is 1.44. The summed E-state index contributed by atoms with van der Waals surface area (Å²) in [6.07, 6.45) is -4.35. The SMILES string of the molecule is C[C@H](OC(=O)Cc1cccc(C(F)(F)F)c1)C(=O)c1c[nH]c2ccccc12. The van der Waals surface area contributed by atoms with Crippen LogP contribution in [0.3, 0.4) is 0 Å².